The summed E-state index contributed by atoms with van der Waals surface area (Å²) in [5.41, 5.74) is 4.74. The van der Waals surface area contributed by atoms with Gasteiger partial charge in [0.05, 0.1) is 12.7 Å². The first-order valence-electron chi connectivity index (χ1n) is 7.06. The van der Waals surface area contributed by atoms with Crippen LogP contribution in [0.2, 0.25) is 0 Å². The molecule has 0 atom stereocenters. The molecule has 1 aromatic heterocycles. The number of hydrogen-bond donors (Lipinski definition) is 1. The second-order valence-electron chi connectivity index (χ2n) is 5.26. The Hall–Kier alpha value is -1.77. The lowest BCUT2D eigenvalue weighted by Crippen LogP contribution is -2.25. The number of amides is 1. The van der Waals surface area contributed by atoms with Crippen LogP contribution in [0.3, 0.4) is 0 Å². The van der Waals surface area contributed by atoms with Crippen molar-refractivity contribution in [1.29, 1.82) is 0 Å². The lowest BCUT2D eigenvalue weighted by Gasteiger charge is -2.03. The van der Waals surface area contributed by atoms with Gasteiger partial charge >= 0.3 is 0 Å². The molecule has 3 rings (SSSR count). The smallest absolute Gasteiger partial charge is 0.224 e. The highest BCUT2D eigenvalue weighted by Crippen LogP contribution is 2.30. The van der Waals surface area contributed by atoms with Crippen LogP contribution < -0.4 is 5.32 Å². The quantitative estimate of drug-likeness (QED) is 0.915. The third kappa shape index (κ3) is 2.37. The highest BCUT2D eigenvalue weighted by Gasteiger charge is 2.16. The third-order valence-electron chi connectivity index (χ3n) is 3.79. The third-order valence-corrected chi connectivity index (χ3v) is 3.79. The summed E-state index contributed by atoms with van der Waals surface area (Å²) in [5.74, 6) is 0.0741. The summed E-state index contributed by atoms with van der Waals surface area (Å²) >= 11 is 0. The second-order valence-corrected chi connectivity index (χ2v) is 5.26. The zero-order valence-electron chi connectivity index (χ0n) is 11.3. The molecule has 1 aromatic carbocycles. The van der Waals surface area contributed by atoms with E-state index in [1.165, 1.54) is 17.5 Å². The molecule has 1 aliphatic rings. The number of rotatable bonds is 4. The van der Waals surface area contributed by atoms with E-state index in [1.807, 2.05) is 0 Å². The number of carbonyl (C=O) groups excluding carboxylic acids is 1. The van der Waals surface area contributed by atoms with Crippen LogP contribution in [-0.4, -0.2) is 12.5 Å². The first kappa shape index (κ1) is 12.3. The monoisotopic (exact) mass is 257 g/mol. The molecule has 0 saturated heterocycles. The molecular weight excluding hydrogens is 238 g/mol. The van der Waals surface area contributed by atoms with Gasteiger partial charge < -0.3 is 9.73 Å². The van der Waals surface area contributed by atoms with E-state index in [4.69, 9.17) is 4.42 Å². The average Bonchev–Trinajstić information content (AvgIpc) is 3.01. The van der Waals surface area contributed by atoms with Crippen molar-refractivity contribution in [2.75, 3.05) is 6.54 Å². The second kappa shape index (κ2) is 5.08. The lowest BCUT2D eigenvalue weighted by molar-refractivity contribution is -0.120. The fourth-order valence-electron chi connectivity index (χ4n) is 2.78. The number of furan rings is 1. The van der Waals surface area contributed by atoms with Crippen LogP contribution in [0.15, 0.2) is 22.8 Å². The standard InChI is InChI=1S/C16H19NO2/c1-2-6-17-16(18)9-13-10-19-15-8-12-5-3-4-11(12)7-14(13)15/h7-8,10H,2-6,9H2,1H3,(H,17,18). The summed E-state index contributed by atoms with van der Waals surface area (Å²) in [6.45, 7) is 2.79. The van der Waals surface area contributed by atoms with Gasteiger partial charge in [-0.25, -0.2) is 0 Å². The Kier molecular flexibility index (Phi) is 3.28. The molecule has 0 unspecified atom stereocenters. The Morgan fingerprint density at radius 3 is 2.89 bits per heavy atom. The van der Waals surface area contributed by atoms with Gasteiger partial charge in [0.2, 0.25) is 5.91 Å². The maximum absolute atomic E-state index is 11.8. The van der Waals surface area contributed by atoms with Gasteiger partial charge in [0, 0.05) is 17.5 Å². The van der Waals surface area contributed by atoms with Gasteiger partial charge in [0.1, 0.15) is 5.58 Å². The minimum atomic E-state index is 0.0741. The zero-order valence-corrected chi connectivity index (χ0v) is 11.3. The molecule has 100 valence electrons. The summed E-state index contributed by atoms with van der Waals surface area (Å²) in [4.78, 5) is 11.8. The van der Waals surface area contributed by atoms with E-state index in [0.717, 1.165) is 42.3 Å². The van der Waals surface area contributed by atoms with Gasteiger partial charge in [-0.15, -0.1) is 0 Å². The van der Waals surface area contributed by atoms with Gasteiger partial charge in [-0.05, 0) is 48.9 Å². The first-order chi connectivity index (χ1) is 9.28. The van der Waals surface area contributed by atoms with Gasteiger partial charge in [-0.2, -0.15) is 0 Å². The molecule has 19 heavy (non-hydrogen) atoms. The summed E-state index contributed by atoms with van der Waals surface area (Å²) in [6, 6.07) is 4.36. The normalized spacial score (nSPS) is 13.7. The van der Waals surface area contributed by atoms with E-state index in [-0.39, 0.29) is 5.91 Å². The molecule has 0 spiro atoms. The molecule has 0 bridgehead atoms. The predicted octanol–water partition coefficient (Wildman–Crippen LogP) is 2.99. The average molecular weight is 257 g/mol. The van der Waals surface area contributed by atoms with Crippen molar-refractivity contribution in [1.82, 2.24) is 5.32 Å². The summed E-state index contributed by atoms with van der Waals surface area (Å²) in [5, 5.41) is 4.01. The van der Waals surface area contributed by atoms with E-state index in [2.05, 4.69) is 24.4 Å². The Balaban J connectivity index is 1.86. The highest BCUT2D eigenvalue weighted by molar-refractivity contribution is 5.88. The van der Waals surface area contributed by atoms with Crippen LogP contribution in [0.5, 0.6) is 0 Å². The lowest BCUT2D eigenvalue weighted by atomic mass is 10.0. The van der Waals surface area contributed by atoms with Crippen LogP contribution >= 0.6 is 0 Å². The molecule has 1 amide bonds. The Morgan fingerprint density at radius 2 is 2.11 bits per heavy atom. The van der Waals surface area contributed by atoms with Gasteiger partial charge in [-0.3, -0.25) is 4.79 Å². The molecule has 0 saturated carbocycles. The maximum Gasteiger partial charge on any atom is 0.224 e. The molecular formula is C16H19NO2. The molecule has 0 aliphatic heterocycles. The van der Waals surface area contributed by atoms with Crippen molar-refractivity contribution in [3.8, 4) is 0 Å². The van der Waals surface area contributed by atoms with Crippen LogP contribution in [-0.2, 0) is 24.1 Å². The van der Waals surface area contributed by atoms with Crippen molar-refractivity contribution in [2.45, 2.75) is 39.0 Å². The zero-order chi connectivity index (χ0) is 13.2. The molecule has 2 aromatic rings. The number of nitrogens with one attached hydrogen (secondary N) is 1. The van der Waals surface area contributed by atoms with E-state index in [0.29, 0.717) is 6.42 Å². The SMILES string of the molecule is CCCNC(=O)Cc1coc2cc3c(cc12)CCC3. The van der Waals surface area contributed by atoms with Crippen LogP contribution in [0.25, 0.3) is 11.0 Å². The number of carbonyl (C=O) groups is 1. The number of hydrogen-bond acceptors (Lipinski definition) is 2. The van der Waals surface area contributed by atoms with Crippen molar-refractivity contribution in [3.05, 3.63) is 35.1 Å². The van der Waals surface area contributed by atoms with Crippen molar-refractivity contribution < 1.29 is 9.21 Å². The van der Waals surface area contributed by atoms with Gasteiger partial charge in [-0.1, -0.05) is 6.92 Å². The van der Waals surface area contributed by atoms with E-state index in [9.17, 15) is 4.79 Å². The number of aryl methyl sites for hydroxylation is 2. The molecule has 0 radical (unpaired) electrons. The molecule has 3 nitrogen and oxygen atoms in total. The molecule has 3 heteroatoms. The Morgan fingerprint density at radius 1 is 1.32 bits per heavy atom. The van der Waals surface area contributed by atoms with Gasteiger partial charge in [0.25, 0.3) is 0 Å². The van der Waals surface area contributed by atoms with E-state index < -0.39 is 0 Å². The summed E-state index contributed by atoms with van der Waals surface area (Å²) in [6.07, 6.45) is 6.63. The molecule has 1 heterocycles. The summed E-state index contributed by atoms with van der Waals surface area (Å²) < 4.78 is 5.60. The molecule has 1 N–H and O–H groups in total. The topological polar surface area (TPSA) is 42.2 Å². The molecule has 1 aliphatic carbocycles. The van der Waals surface area contributed by atoms with Crippen LogP contribution in [0, 0.1) is 0 Å². The van der Waals surface area contributed by atoms with Crippen molar-refractivity contribution in [3.63, 3.8) is 0 Å². The summed E-state index contributed by atoms with van der Waals surface area (Å²) in [7, 11) is 0. The largest absolute Gasteiger partial charge is 0.464 e. The fourth-order valence-corrected chi connectivity index (χ4v) is 2.78. The minimum absolute atomic E-state index is 0.0741. The minimum Gasteiger partial charge on any atom is -0.464 e. The Bertz CT molecular complexity index is 612. The number of fused-ring (bicyclic) bond motifs is 2. The first-order valence-corrected chi connectivity index (χ1v) is 7.06. The van der Waals surface area contributed by atoms with Crippen LogP contribution in [0.4, 0.5) is 0 Å². The maximum atomic E-state index is 11.8. The predicted molar refractivity (Wildman–Crippen MR) is 75.2 cm³/mol. The van der Waals surface area contributed by atoms with Crippen molar-refractivity contribution >= 4 is 16.9 Å². The van der Waals surface area contributed by atoms with E-state index in [1.54, 1.807) is 6.26 Å². The van der Waals surface area contributed by atoms with Crippen LogP contribution in [0.1, 0.15) is 36.5 Å². The van der Waals surface area contributed by atoms with Gasteiger partial charge in [0.15, 0.2) is 0 Å². The van der Waals surface area contributed by atoms with E-state index >= 15 is 0 Å². The Labute approximate surface area is 113 Å². The van der Waals surface area contributed by atoms with Crippen molar-refractivity contribution in [2.24, 2.45) is 0 Å². The number of benzene rings is 1. The highest BCUT2D eigenvalue weighted by atomic mass is 16.3. The molecule has 0 fully saturated rings. The fraction of sp³-hybridized carbons (Fsp3) is 0.438.